The van der Waals surface area contributed by atoms with Crippen molar-refractivity contribution in [3.8, 4) is 11.5 Å². The number of nitrogens with zero attached hydrogens (tertiary/aromatic N) is 3. The number of anilines is 1. The van der Waals surface area contributed by atoms with Crippen LogP contribution in [0, 0.1) is 6.92 Å². The van der Waals surface area contributed by atoms with Crippen molar-refractivity contribution in [1.82, 2.24) is 9.97 Å². The summed E-state index contributed by atoms with van der Waals surface area (Å²) in [5.41, 5.74) is 2.58. The van der Waals surface area contributed by atoms with Crippen LogP contribution in [-0.4, -0.2) is 29.1 Å². The topological polar surface area (TPSA) is 64.5 Å². The lowest BCUT2D eigenvalue weighted by Crippen LogP contribution is -2.34. The molecule has 7 heteroatoms. The van der Waals surface area contributed by atoms with Crippen LogP contribution in [0.1, 0.15) is 18.2 Å². The maximum atomic E-state index is 13.2. The molecule has 0 N–H and O–H groups in total. The zero-order chi connectivity index (χ0) is 21.6. The molecule has 6 nitrogen and oxygen atoms in total. The van der Waals surface area contributed by atoms with E-state index in [2.05, 4.69) is 9.97 Å². The van der Waals surface area contributed by atoms with Gasteiger partial charge in [0.15, 0.2) is 11.7 Å². The summed E-state index contributed by atoms with van der Waals surface area (Å²) in [5.74, 6) is 1.30. The van der Waals surface area contributed by atoms with Gasteiger partial charge in [0.1, 0.15) is 11.5 Å². The van der Waals surface area contributed by atoms with Gasteiger partial charge in [-0.05, 0) is 55.8 Å². The Kier molecular flexibility index (Phi) is 6.43. The molecule has 158 valence electrons. The molecule has 4 aromatic rings. The van der Waals surface area contributed by atoms with Gasteiger partial charge in [-0.2, -0.15) is 0 Å². The summed E-state index contributed by atoms with van der Waals surface area (Å²) in [5, 5.41) is 0.604. The maximum Gasteiger partial charge on any atom is 0.267 e. The number of fused-ring (bicyclic) bond motifs is 1. The predicted octanol–water partition coefficient (Wildman–Crippen LogP) is 5.01. The normalized spacial score (nSPS) is 10.8. The number of ether oxygens (including phenoxy) is 2. The summed E-state index contributed by atoms with van der Waals surface area (Å²) in [6, 6.07) is 19.0. The molecule has 2 aromatic carbocycles. The van der Waals surface area contributed by atoms with Crippen LogP contribution < -0.4 is 14.4 Å². The second-order valence-corrected chi connectivity index (χ2v) is 7.92. The summed E-state index contributed by atoms with van der Waals surface area (Å²) < 4.78 is 12.4. The Labute approximate surface area is 185 Å². The third kappa shape index (κ3) is 5.00. The molecule has 0 fully saturated rings. The van der Waals surface area contributed by atoms with E-state index in [1.807, 2.05) is 74.5 Å². The molecule has 0 aliphatic heterocycles. The minimum Gasteiger partial charge on any atom is -0.494 e. The first-order valence-electron chi connectivity index (χ1n) is 10.1. The highest BCUT2D eigenvalue weighted by molar-refractivity contribution is 7.22. The first-order valence-corrected chi connectivity index (χ1v) is 10.9. The lowest BCUT2D eigenvalue weighted by atomic mass is 10.2. The van der Waals surface area contributed by atoms with Crippen molar-refractivity contribution in [3.63, 3.8) is 0 Å². The fourth-order valence-electron chi connectivity index (χ4n) is 3.12. The van der Waals surface area contributed by atoms with Gasteiger partial charge in [-0.1, -0.05) is 35.6 Å². The van der Waals surface area contributed by atoms with Gasteiger partial charge in [0.05, 0.1) is 29.1 Å². The Bertz CT molecular complexity index is 1180. The lowest BCUT2D eigenvalue weighted by Gasteiger charge is -2.20. The third-order valence-corrected chi connectivity index (χ3v) is 5.72. The van der Waals surface area contributed by atoms with Gasteiger partial charge in [0.25, 0.3) is 5.91 Å². The van der Waals surface area contributed by atoms with Crippen molar-refractivity contribution in [2.75, 3.05) is 18.1 Å². The second kappa shape index (κ2) is 9.57. The summed E-state index contributed by atoms with van der Waals surface area (Å²) in [4.78, 5) is 23.9. The maximum absolute atomic E-state index is 13.2. The summed E-state index contributed by atoms with van der Waals surface area (Å²) >= 11 is 1.45. The number of thiazole rings is 1. The van der Waals surface area contributed by atoms with Crippen LogP contribution in [0.5, 0.6) is 11.5 Å². The molecule has 4 rings (SSSR count). The zero-order valence-electron chi connectivity index (χ0n) is 17.4. The van der Waals surface area contributed by atoms with Gasteiger partial charge in [-0.25, -0.2) is 4.98 Å². The highest BCUT2D eigenvalue weighted by atomic mass is 32.1. The average Bonchev–Trinajstić information content (AvgIpc) is 3.21. The molecule has 0 radical (unpaired) electrons. The standard InChI is InChI=1S/C24H23N3O3S/c1-3-29-19-11-12-20-22(14-19)31-24(26-20)27(15-18-9-6-7-13-25-18)23(28)16-30-21-10-5-4-8-17(21)2/h4-14H,3,15-16H2,1-2H3. The summed E-state index contributed by atoms with van der Waals surface area (Å²) in [7, 11) is 0. The number of hydrogen-bond donors (Lipinski definition) is 0. The molecule has 0 aliphatic carbocycles. The van der Waals surface area contributed by atoms with E-state index in [0.29, 0.717) is 24.0 Å². The first kappa shape index (κ1) is 20.8. The molecular formula is C24H23N3O3S. The van der Waals surface area contributed by atoms with E-state index in [1.54, 1.807) is 11.1 Å². The average molecular weight is 434 g/mol. The largest absolute Gasteiger partial charge is 0.494 e. The van der Waals surface area contributed by atoms with Crippen molar-refractivity contribution >= 4 is 32.6 Å². The van der Waals surface area contributed by atoms with Crippen LogP contribution in [0.4, 0.5) is 5.13 Å². The van der Waals surface area contributed by atoms with Crippen molar-refractivity contribution in [2.24, 2.45) is 0 Å². The number of amides is 1. The van der Waals surface area contributed by atoms with Gasteiger partial charge in [0, 0.05) is 6.20 Å². The number of carbonyl (C=O) groups excluding carboxylic acids is 1. The third-order valence-electron chi connectivity index (χ3n) is 4.68. The number of para-hydroxylation sites is 1. The fraction of sp³-hybridized carbons (Fsp3) is 0.208. The fourth-order valence-corrected chi connectivity index (χ4v) is 4.13. The van der Waals surface area contributed by atoms with Crippen molar-refractivity contribution in [1.29, 1.82) is 0 Å². The Morgan fingerprint density at radius 2 is 1.90 bits per heavy atom. The quantitative estimate of drug-likeness (QED) is 0.391. The minimum atomic E-state index is -0.182. The van der Waals surface area contributed by atoms with Gasteiger partial charge in [-0.3, -0.25) is 14.7 Å². The molecule has 2 aromatic heterocycles. The molecule has 0 saturated carbocycles. The SMILES string of the molecule is CCOc1ccc2nc(N(Cc3ccccn3)C(=O)COc3ccccc3C)sc2c1. The molecule has 0 spiro atoms. The first-order chi connectivity index (χ1) is 15.1. The molecular weight excluding hydrogens is 410 g/mol. The van der Waals surface area contributed by atoms with Crippen LogP contribution in [0.25, 0.3) is 10.2 Å². The summed E-state index contributed by atoms with van der Waals surface area (Å²) in [6.45, 7) is 4.73. The van der Waals surface area contributed by atoms with Crippen molar-refractivity contribution in [2.45, 2.75) is 20.4 Å². The van der Waals surface area contributed by atoms with E-state index in [4.69, 9.17) is 9.47 Å². The zero-order valence-corrected chi connectivity index (χ0v) is 18.3. The van der Waals surface area contributed by atoms with E-state index in [1.165, 1.54) is 11.3 Å². The van der Waals surface area contributed by atoms with E-state index < -0.39 is 0 Å². The van der Waals surface area contributed by atoms with Gasteiger partial charge in [0.2, 0.25) is 0 Å². The van der Waals surface area contributed by atoms with Crippen LogP contribution in [0.3, 0.4) is 0 Å². The number of pyridine rings is 1. The highest BCUT2D eigenvalue weighted by Crippen LogP contribution is 2.32. The number of rotatable bonds is 8. The molecule has 0 aliphatic rings. The van der Waals surface area contributed by atoms with E-state index in [9.17, 15) is 4.79 Å². The monoisotopic (exact) mass is 433 g/mol. The van der Waals surface area contributed by atoms with E-state index >= 15 is 0 Å². The van der Waals surface area contributed by atoms with Crippen LogP contribution in [-0.2, 0) is 11.3 Å². The number of aromatic nitrogens is 2. The summed E-state index contributed by atoms with van der Waals surface area (Å²) in [6.07, 6.45) is 1.72. The second-order valence-electron chi connectivity index (χ2n) is 6.91. The van der Waals surface area contributed by atoms with Gasteiger partial charge >= 0.3 is 0 Å². The van der Waals surface area contributed by atoms with E-state index in [0.717, 1.165) is 27.2 Å². The molecule has 0 saturated heterocycles. The minimum absolute atomic E-state index is 0.0855. The molecule has 0 unspecified atom stereocenters. The Morgan fingerprint density at radius 3 is 2.68 bits per heavy atom. The highest BCUT2D eigenvalue weighted by Gasteiger charge is 2.22. The lowest BCUT2D eigenvalue weighted by molar-refractivity contribution is -0.120. The number of aryl methyl sites for hydroxylation is 1. The molecule has 0 bridgehead atoms. The Morgan fingerprint density at radius 1 is 1.06 bits per heavy atom. The van der Waals surface area contributed by atoms with Gasteiger partial charge in [-0.15, -0.1) is 0 Å². The van der Waals surface area contributed by atoms with Crippen molar-refractivity contribution in [3.05, 3.63) is 78.1 Å². The Balaban J connectivity index is 1.61. The van der Waals surface area contributed by atoms with Crippen LogP contribution in [0.2, 0.25) is 0 Å². The van der Waals surface area contributed by atoms with Gasteiger partial charge < -0.3 is 9.47 Å². The number of carbonyl (C=O) groups is 1. The number of benzene rings is 2. The van der Waals surface area contributed by atoms with Crippen LogP contribution >= 0.6 is 11.3 Å². The molecule has 2 heterocycles. The number of hydrogen-bond acceptors (Lipinski definition) is 6. The molecule has 31 heavy (non-hydrogen) atoms. The molecule has 1 amide bonds. The smallest absolute Gasteiger partial charge is 0.267 e. The molecule has 0 atom stereocenters. The predicted molar refractivity (Wildman–Crippen MR) is 123 cm³/mol. The van der Waals surface area contributed by atoms with Crippen molar-refractivity contribution < 1.29 is 14.3 Å². The van der Waals surface area contributed by atoms with Crippen LogP contribution in [0.15, 0.2) is 66.9 Å². The van der Waals surface area contributed by atoms with E-state index in [-0.39, 0.29) is 12.5 Å². The Hall–Kier alpha value is -3.45.